The second-order valence-electron chi connectivity index (χ2n) is 6.97. The van der Waals surface area contributed by atoms with Gasteiger partial charge in [0.05, 0.1) is 13.2 Å². The van der Waals surface area contributed by atoms with Crippen molar-refractivity contribution in [2.75, 3.05) is 33.8 Å². The lowest BCUT2D eigenvalue weighted by atomic mass is 10.0. The molecule has 1 amide bonds. The summed E-state index contributed by atoms with van der Waals surface area (Å²) < 4.78 is 10.7. The van der Waals surface area contributed by atoms with E-state index < -0.39 is 0 Å². The highest BCUT2D eigenvalue weighted by Crippen LogP contribution is 2.27. The fourth-order valence-corrected chi connectivity index (χ4v) is 3.54. The Morgan fingerprint density at radius 1 is 1.11 bits per heavy atom. The monoisotopic (exact) mass is 377 g/mol. The van der Waals surface area contributed by atoms with Gasteiger partial charge in [-0.3, -0.25) is 9.69 Å². The third-order valence-electron chi connectivity index (χ3n) is 5.20. The molecule has 3 aromatic rings. The maximum atomic E-state index is 13.0. The molecule has 6 heteroatoms. The van der Waals surface area contributed by atoms with Crippen LogP contribution in [-0.4, -0.2) is 54.7 Å². The summed E-state index contributed by atoms with van der Waals surface area (Å²) >= 11 is 0. The van der Waals surface area contributed by atoms with Crippen LogP contribution in [0.1, 0.15) is 22.1 Å². The average molecular weight is 377 g/mol. The lowest BCUT2D eigenvalue weighted by Gasteiger charge is -2.39. The van der Waals surface area contributed by atoms with Crippen molar-refractivity contribution in [3.8, 4) is 17.1 Å². The minimum atomic E-state index is -0.105. The van der Waals surface area contributed by atoms with Gasteiger partial charge in [0.15, 0.2) is 11.5 Å². The third-order valence-corrected chi connectivity index (χ3v) is 5.20. The van der Waals surface area contributed by atoms with Gasteiger partial charge in [0.2, 0.25) is 0 Å². The Balaban J connectivity index is 1.52. The SMILES string of the molecule is COc1cccc(-c2cc(C(=O)N3CCN(C)C(c4ccccc4)C3)no2)c1. The number of aromatic nitrogens is 1. The minimum Gasteiger partial charge on any atom is -0.497 e. The van der Waals surface area contributed by atoms with E-state index in [0.29, 0.717) is 24.5 Å². The zero-order valence-electron chi connectivity index (χ0n) is 16.0. The van der Waals surface area contributed by atoms with Gasteiger partial charge < -0.3 is 14.2 Å². The number of benzene rings is 2. The van der Waals surface area contributed by atoms with Crippen LogP contribution in [0, 0.1) is 0 Å². The van der Waals surface area contributed by atoms with Crippen molar-refractivity contribution < 1.29 is 14.1 Å². The molecule has 0 N–H and O–H groups in total. The molecule has 1 saturated heterocycles. The van der Waals surface area contributed by atoms with Gasteiger partial charge in [-0.2, -0.15) is 0 Å². The van der Waals surface area contributed by atoms with Gasteiger partial charge in [0, 0.05) is 31.3 Å². The van der Waals surface area contributed by atoms with Crippen LogP contribution < -0.4 is 4.74 Å². The van der Waals surface area contributed by atoms with Crippen LogP contribution >= 0.6 is 0 Å². The van der Waals surface area contributed by atoms with Crippen molar-refractivity contribution in [2.45, 2.75) is 6.04 Å². The van der Waals surface area contributed by atoms with E-state index in [4.69, 9.17) is 9.26 Å². The normalized spacial score (nSPS) is 17.5. The highest BCUT2D eigenvalue weighted by atomic mass is 16.5. The van der Waals surface area contributed by atoms with Crippen molar-refractivity contribution in [3.63, 3.8) is 0 Å². The molecule has 28 heavy (non-hydrogen) atoms. The number of hydrogen-bond donors (Lipinski definition) is 0. The molecule has 144 valence electrons. The molecule has 1 fully saturated rings. The van der Waals surface area contributed by atoms with E-state index >= 15 is 0 Å². The van der Waals surface area contributed by atoms with Crippen molar-refractivity contribution in [1.82, 2.24) is 15.0 Å². The zero-order valence-corrected chi connectivity index (χ0v) is 16.0. The van der Waals surface area contributed by atoms with Crippen LogP contribution in [-0.2, 0) is 0 Å². The summed E-state index contributed by atoms with van der Waals surface area (Å²) in [6.07, 6.45) is 0. The first-order valence-corrected chi connectivity index (χ1v) is 9.31. The molecule has 1 aromatic heterocycles. The Morgan fingerprint density at radius 3 is 2.71 bits per heavy atom. The number of carbonyl (C=O) groups excluding carboxylic acids is 1. The van der Waals surface area contributed by atoms with Crippen LogP contribution in [0.25, 0.3) is 11.3 Å². The highest BCUT2D eigenvalue weighted by molar-refractivity contribution is 5.93. The number of nitrogens with zero attached hydrogens (tertiary/aromatic N) is 3. The molecule has 0 aliphatic carbocycles. The van der Waals surface area contributed by atoms with Crippen LogP contribution in [0.15, 0.2) is 65.2 Å². The van der Waals surface area contributed by atoms with E-state index in [9.17, 15) is 4.79 Å². The number of rotatable bonds is 4. The van der Waals surface area contributed by atoms with Crippen molar-refractivity contribution in [2.24, 2.45) is 0 Å². The molecule has 1 atom stereocenters. The van der Waals surface area contributed by atoms with E-state index in [2.05, 4.69) is 29.2 Å². The van der Waals surface area contributed by atoms with Crippen LogP contribution in [0.5, 0.6) is 5.75 Å². The number of methoxy groups -OCH3 is 1. The molecule has 2 aromatic carbocycles. The van der Waals surface area contributed by atoms with E-state index in [1.807, 2.05) is 47.4 Å². The molecular formula is C22H23N3O3. The lowest BCUT2D eigenvalue weighted by molar-refractivity contribution is 0.0537. The Hall–Kier alpha value is -3.12. The van der Waals surface area contributed by atoms with Gasteiger partial charge in [-0.05, 0) is 24.7 Å². The number of amides is 1. The summed E-state index contributed by atoms with van der Waals surface area (Å²) in [5.74, 6) is 1.18. The zero-order chi connectivity index (χ0) is 19.5. The standard InChI is InChI=1S/C22H23N3O3/c1-24-11-12-25(15-20(24)16-7-4-3-5-8-16)22(26)19-14-21(28-23-19)17-9-6-10-18(13-17)27-2/h3-10,13-14,20H,11-12,15H2,1-2H3. The summed E-state index contributed by atoms with van der Waals surface area (Å²) in [5.41, 5.74) is 2.36. The molecule has 1 aliphatic heterocycles. The molecule has 4 rings (SSSR count). The Morgan fingerprint density at radius 2 is 1.93 bits per heavy atom. The molecule has 1 unspecified atom stereocenters. The van der Waals surface area contributed by atoms with Gasteiger partial charge >= 0.3 is 0 Å². The predicted molar refractivity (Wildman–Crippen MR) is 106 cm³/mol. The maximum Gasteiger partial charge on any atom is 0.276 e. The quantitative estimate of drug-likeness (QED) is 0.697. The van der Waals surface area contributed by atoms with Crippen molar-refractivity contribution in [1.29, 1.82) is 0 Å². The highest BCUT2D eigenvalue weighted by Gasteiger charge is 2.30. The molecule has 0 saturated carbocycles. The summed E-state index contributed by atoms with van der Waals surface area (Å²) in [5, 5.41) is 4.02. The molecule has 0 spiro atoms. The van der Waals surface area contributed by atoms with Crippen molar-refractivity contribution >= 4 is 5.91 Å². The van der Waals surface area contributed by atoms with Gasteiger partial charge in [0.1, 0.15) is 5.75 Å². The maximum absolute atomic E-state index is 13.0. The predicted octanol–water partition coefficient (Wildman–Crippen LogP) is 3.48. The topological polar surface area (TPSA) is 58.8 Å². The molecular weight excluding hydrogens is 354 g/mol. The van der Waals surface area contributed by atoms with Crippen molar-refractivity contribution in [3.05, 3.63) is 71.9 Å². The number of piperazine rings is 1. The first-order valence-electron chi connectivity index (χ1n) is 9.31. The summed E-state index contributed by atoms with van der Waals surface area (Å²) in [6.45, 7) is 2.10. The van der Waals surface area contributed by atoms with Gasteiger partial charge in [-0.1, -0.05) is 47.6 Å². The second kappa shape index (κ2) is 7.86. The molecule has 1 aliphatic rings. The van der Waals surface area contributed by atoms with Gasteiger partial charge in [0.25, 0.3) is 5.91 Å². The van der Waals surface area contributed by atoms with Crippen LogP contribution in [0.3, 0.4) is 0 Å². The Labute approximate surface area is 164 Å². The van der Waals surface area contributed by atoms with E-state index in [1.165, 1.54) is 5.56 Å². The van der Waals surface area contributed by atoms with E-state index in [0.717, 1.165) is 17.9 Å². The summed E-state index contributed by atoms with van der Waals surface area (Å²) in [4.78, 5) is 17.1. The van der Waals surface area contributed by atoms with Gasteiger partial charge in [-0.25, -0.2) is 0 Å². The van der Waals surface area contributed by atoms with Crippen LogP contribution in [0.4, 0.5) is 0 Å². The Bertz CT molecular complexity index is 954. The molecule has 6 nitrogen and oxygen atoms in total. The molecule has 0 radical (unpaired) electrons. The fourth-order valence-electron chi connectivity index (χ4n) is 3.54. The fraction of sp³-hybridized carbons (Fsp3) is 0.273. The number of likely N-dealkylation sites (N-methyl/N-ethyl adjacent to an activating group) is 1. The molecule has 0 bridgehead atoms. The summed E-state index contributed by atoms with van der Waals surface area (Å²) in [7, 11) is 3.71. The van der Waals surface area contributed by atoms with E-state index in [1.54, 1.807) is 13.2 Å². The summed E-state index contributed by atoms with van der Waals surface area (Å²) in [6, 6.07) is 19.6. The number of hydrogen-bond acceptors (Lipinski definition) is 5. The largest absolute Gasteiger partial charge is 0.497 e. The third kappa shape index (κ3) is 3.64. The number of carbonyl (C=O) groups is 1. The van der Waals surface area contributed by atoms with E-state index in [-0.39, 0.29) is 11.9 Å². The lowest BCUT2D eigenvalue weighted by Crippen LogP contribution is -2.49. The number of ether oxygens (including phenoxy) is 1. The van der Waals surface area contributed by atoms with Crippen LogP contribution in [0.2, 0.25) is 0 Å². The smallest absolute Gasteiger partial charge is 0.276 e. The van der Waals surface area contributed by atoms with Gasteiger partial charge in [-0.15, -0.1) is 0 Å². The molecule has 2 heterocycles. The second-order valence-corrected chi connectivity index (χ2v) is 6.97. The Kier molecular flexibility index (Phi) is 5.12. The first-order chi connectivity index (χ1) is 13.7. The average Bonchev–Trinajstić information content (AvgIpc) is 3.24. The first kappa shape index (κ1) is 18.3. The minimum absolute atomic E-state index is 0.105.